The average Bonchev–Trinajstić information content (AvgIpc) is 2.28. The number of nitro benzene ring substituents is 1. The fourth-order valence-electron chi connectivity index (χ4n) is 2.20. The van der Waals surface area contributed by atoms with Crippen molar-refractivity contribution in [2.24, 2.45) is 0 Å². The second-order valence-electron chi connectivity index (χ2n) is 4.75. The zero-order valence-electron chi connectivity index (χ0n) is 10.1. The first-order chi connectivity index (χ1) is 8.43. The lowest BCUT2D eigenvalue weighted by Gasteiger charge is -2.46. The van der Waals surface area contributed by atoms with Gasteiger partial charge in [-0.15, -0.1) is 0 Å². The highest BCUT2D eigenvalue weighted by molar-refractivity contribution is 6.30. The van der Waals surface area contributed by atoms with Crippen molar-refractivity contribution in [2.75, 3.05) is 13.1 Å². The molecule has 2 rings (SSSR count). The third kappa shape index (κ3) is 2.63. The fraction of sp³-hybridized carbons (Fsp3) is 0.500. The molecular weight excluding hydrogens is 256 g/mol. The molecule has 1 saturated heterocycles. The molecule has 0 unspecified atom stereocenters. The molecule has 0 aliphatic carbocycles. The predicted molar refractivity (Wildman–Crippen MR) is 68.6 cm³/mol. The summed E-state index contributed by atoms with van der Waals surface area (Å²) in [6, 6.07) is 4.68. The smallest absolute Gasteiger partial charge is 0.275 e. The summed E-state index contributed by atoms with van der Waals surface area (Å²) in [5.41, 5.74) is 0.0401. The van der Waals surface area contributed by atoms with Gasteiger partial charge in [0.15, 0.2) is 0 Å². The Hall–Kier alpha value is -1.17. The first kappa shape index (κ1) is 13.3. The van der Waals surface area contributed by atoms with Gasteiger partial charge in [-0.1, -0.05) is 18.5 Å². The van der Waals surface area contributed by atoms with E-state index in [2.05, 4.69) is 0 Å². The number of nitro groups is 1. The van der Waals surface area contributed by atoms with Crippen LogP contribution in [0, 0.1) is 10.1 Å². The molecule has 1 aliphatic heterocycles. The van der Waals surface area contributed by atoms with E-state index in [-0.39, 0.29) is 5.69 Å². The van der Waals surface area contributed by atoms with Gasteiger partial charge in [0.2, 0.25) is 0 Å². The Morgan fingerprint density at radius 3 is 2.78 bits per heavy atom. The van der Waals surface area contributed by atoms with Crippen molar-refractivity contribution in [1.29, 1.82) is 0 Å². The van der Waals surface area contributed by atoms with Crippen LogP contribution in [0.15, 0.2) is 18.2 Å². The number of β-amino-alcohol motifs (C(OH)–C–C–N with tert-alkyl or cyclic N) is 1. The van der Waals surface area contributed by atoms with E-state index in [0.29, 0.717) is 36.6 Å². The Kier molecular flexibility index (Phi) is 3.56. The largest absolute Gasteiger partial charge is 0.387 e. The predicted octanol–water partition coefficient (Wildman–Crippen LogP) is 2.20. The molecule has 0 amide bonds. The molecule has 1 N–H and O–H groups in total. The third-order valence-electron chi connectivity index (χ3n) is 3.33. The SMILES string of the molecule is CCC1(O)CN(Cc2ccc(Cl)cc2[N+](=O)[O-])C1. The van der Waals surface area contributed by atoms with E-state index in [0.717, 1.165) is 0 Å². The molecule has 0 aromatic heterocycles. The van der Waals surface area contributed by atoms with E-state index in [1.807, 2.05) is 11.8 Å². The zero-order valence-corrected chi connectivity index (χ0v) is 10.9. The molecule has 1 aromatic carbocycles. The summed E-state index contributed by atoms with van der Waals surface area (Å²) >= 11 is 5.76. The van der Waals surface area contributed by atoms with Crippen molar-refractivity contribution in [2.45, 2.75) is 25.5 Å². The van der Waals surface area contributed by atoms with Crippen LogP contribution in [-0.2, 0) is 6.54 Å². The second-order valence-corrected chi connectivity index (χ2v) is 5.19. The molecule has 5 nitrogen and oxygen atoms in total. The van der Waals surface area contributed by atoms with E-state index in [1.54, 1.807) is 12.1 Å². The lowest BCUT2D eigenvalue weighted by Crippen LogP contribution is -2.60. The number of rotatable bonds is 4. The fourth-order valence-corrected chi connectivity index (χ4v) is 2.37. The first-order valence-corrected chi connectivity index (χ1v) is 6.19. The van der Waals surface area contributed by atoms with Crippen molar-refractivity contribution >= 4 is 17.3 Å². The van der Waals surface area contributed by atoms with Gasteiger partial charge in [-0.2, -0.15) is 0 Å². The van der Waals surface area contributed by atoms with Crippen molar-refractivity contribution < 1.29 is 10.0 Å². The summed E-state index contributed by atoms with van der Waals surface area (Å²) in [6.07, 6.45) is 0.701. The maximum absolute atomic E-state index is 10.9. The van der Waals surface area contributed by atoms with E-state index >= 15 is 0 Å². The van der Waals surface area contributed by atoms with Crippen LogP contribution in [0.2, 0.25) is 5.02 Å². The highest BCUT2D eigenvalue weighted by atomic mass is 35.5. The zero-order chi connectivity index (χ0) is 13.3. The quantitative estimate of drug-likeness (QED) is 0.673. The van der Waals surface area contributed by atoms with Crippen LogP contribution in [-0.4, -0.2) is 33.6 Å². The minimum Gasteiger partial charge on any atom is -0.387 e. The van der Waals surface area contributed by atoms with Crippen LogP contribution >= 0.6 is 11.6 Å². The van der Waals surface area contributed by atoms with Gasteiger partial charge < -0.3 is 5.11 Å². The second kappa shape index (κ2) is 4.84. The third-order valence-corrected chi connectivity index (χ3v) is 3.57. The normalized spacial score (nSPS) is 18.4. The van der Waals surface area contributed by atoms with Crippen LogP contribution in [0.1, 0.15) is 18.9 Å². The van der Waals surface area contributed by atoms with E-state index in [1.165, 1.54) is 6.07 Å². The molecule has 0 radical (unpaired) electrons. The maximum atomic E-state index is 10.9. The lowest BCUT2D eigenvalue weighted by molar-refractivity contribution is -0.385. The summed E-state index contributed by atoms with van der Waals surface area (Å²) in [7, 11) is 0. The molecule has 98 valence electrons. The molecule has 0 saturated carbocycles. The molecule has 0 atom stereocenters. The standard InChI is InChI=1S/C12H15ClN2O3/c1-2-12(16)7-14(8-12)6-9-3-4-10(13)5-11(9)15(17)18/h3-5,16H,2,6-8H2,1H3. The Morgan fingerprint density at radius 1 is 1.56 bits per heavy atom. The summed E-state index contributed by atoms with van der Waals surface area (Å²) in [5.74, 6) is 0. The molecule has 1 fully saturated rings. The van der Waals surface area contributed by atoms with Crippen LogP contribution in [0.4, 0.5) is 5.69 Å². The maximum Gasteiger partial charge on any atom is 0.275 e. The van der Waals surface area contributed by atoms with E-state index < -0.39 is 10.5 Å². The highest BCUT2D eigenvalue weighted by Crippen LogP contribution is 2.29. The first-order valence-electron chi connectivity index (χ1n) is 5.81. The molecule has 6 heteroatoms. The molecule has 1 aromatic rings. The van der Waals surface area contributed by atoms with Gasteiger partial charge in [-0.05, 0) is 18.6 Å². The number of halogens is 1. The Labute approximate surface area is 110 Å². The number of hydrogen-bond donors (Lipinski definition) is 1. The van der Waals surface area contributed by atoms with Gasteiger partial charge in [0.05, 0.1) is 10.5 Å². The number of benzene rings is 1. The van der Waals surface area contributed by atoms with Crippen LogP contribution in [0.5, 0.6) is 0 Å². The summed E-state index contributed by atoms with van der Waals surface area (Å²) in [5, 5.41) is 21.2. The number of likely N-dealkylation sites (tertiary alicyclic amines) is 1. The minimum absolute atomic E-state index is 0.0365. The number of hydrogen-bond acceptors (Lipinski definition) is 4. The molecule has 1 heterocycles. The van der Waals surface area contributed by atoms with Crippen molar-refractivity contribution in [3.8, 4) is 0 Å². The van der Waals surface area contributed by atoms with Crippen LogP contribution in [0.25, 0.3) is 0 Å². The molecule has 0 spiro atoms. The Balaban J connectivity index is 2.09. The van der Waals surface area contributed by atoms with E-state index in [9.17, 15) is 15.2 Å². The summed E-state index contributed by atoms with van der Waals surface area (Å²) < 4.78 is 0. The van der Waals surface area contributed by atoms with Gasteiger partial charge in [0, 0.05) is 36.3 Å². The Morgan fingerprint density at radius 2 is 2.22 bits per heavy atom. The molecule has 0 bridgehead atoms. The van der Waals surface area contributed by atoms with Crippen LogP contribution < -0.4 is 0 Å². The minimum atomic E-state index is -0.624. The van der Waals surface area contributed by atoms with Gasteiger partial charge in [-0.3, -0.25) is 15.0 Å². The van der Waals surface area contributed by atoms with Gasteiger partial charge in [0.1, 0.15) is 0 Å². The number of aliphatic hydroxyl groups is 1. The Bertz CT molecular complexity index is 472. The summed E-state index contributed by atoms with van der Waals surface area (Å²) in [6.45, 7) is 3.52. The molecule has 1 aliphatic rings. The highest BCUT2D eigenvalue weighted by Gasteiger charge is 2.39. The monoisotopic (exact) mass is 270 g/mol. The van der Waals surface area contributed by atoms with Crippen molar-refractivity contribution in [1.82, 2.24) is 4.90 Å². The number of nitrogens with zero attached hydrogens (tertiary/aromatic N) is 2. The van der Waals surface area contributed by atoms with Gasteiger partial charge in [-0.25, -0.2) is 0 Å². The van der Waals surface area contributed by atoms with E-state index in [4.69, 9.17) is 11.6 Å². The average molecular weight is 271 g/mol. The topological polar surface area (TPSA) is 66.6 Å². The molecule has 18 heavy (non-hydrogen) atoms. The van der Waals surface area contributed by atoms with Gasteiger partial charge >= 0.3 is 0 Å². The van der Waals surface area contributed by atoms with Crippen LogP contribution in [0.3, 0.4) is 0 Å². The lowest BCUT2D eigenvalue weighted by atomic mass is 9.91. The van der Waals surface area contributed by atoms with Crippen molar-refractivity contribution in [3.63, 3.8) is 0 Å². The summed E-state index contributed by atoms with van der Waals surface area (Å²) in [4.78, 5) is 12.5. The van der Waals surface area contributed by atoms with Gasteiger partial charge in [0.25, 0.3) is 5.69 Å². The molecular formula is C12H15ClN2O3. The van der Waals surface area contributed by atoms with Crippen molar-refractivity contribution in [3.05, 3.63) is 38.9 Å².